The lowest BCUT2D eigenvalue weighted by atomic mass is 9.75. The molecule has 8 heteroatoms. The summed E-state index contributed by atoms with van der Waals surface area (Å²) in [4.78, 5) is 20.8. The number of pyridine rings is 2. The van der Waals surface area contributed by atoms with Crippen molar-refractivity contribution in [2.24, 2.45) is 5.41 Å². The van der Waals surface area contributed by atoms with E-state index in [9.17, 15) is 0 Å². The Bertz CT molecular complexity index is 1260. The molecular weight excluding hydrogens is 388 g/mol. The lowest BCUT2D eigenvalue weighted by Crippen LogP contribution is -2.61. The topological polar surface area (TPSA) is 84.7 Å². The molecule has 0 unspecified atom stereocenters. The number of rotatable bonds is 3. The van der Waals surface area contributed by atoms with Gasteiger partial charge in [0, 0.05) is 49.4 Å². The largest absolute Gasteiger partial charge is 0.356 e. The van der Waals surface area contributed by atoms with Crippen molar-refractivity contribution >= 4 is 16.7 Å². The van der Waals surface area contributed by atoms with E-state index in [4.69, 9.17) is 4.98 Å². The molecule has 0 bridgehead atoms. The van der Waals surface area contributed by atoms with Gasteiger partial charge in [0.25, 0.3) is 0 Å². The molecule has 1 spiro atoms. The van der Waals surface area contributed by atoms with Gasteiger partial charge in [0.15, 0.2) is 5.82 Å². The summed E-state index contributed by atoms with van der Waals surface area (Å²) in [6.07, 6.45) is 9.66. The van der Waals surface area contributed by atoms with Gasteiger partial charge in [-0.3, -0.25) is 9.97 Å². The fourth-order valence-electron chi connectivity index (χ4n) is 4.71. The highest BCUT2D eigenvalue weighted by atomic mass is 15.3. The molecule has 8 nitrogen and oxygen atoms in total. The van der Waals surface area contributed by atoms with Gasteiger partial charge >= 0.3 is 0 Å². The van der Waals surface area contributed by atoms with Gasteiger partial charge in [-0.1, -0.05) is 6.07 Å². The first kappa shape index (κ1) is 18.4. The van der Waals surface area contributed by atoms with Crippen molar-refractivity contribution < 1.29 is 0 Å². The van der Waals surface area contributed by atoms with E-state index in [0.717, 1.165) is 65.8 Å². The third-order valence-electron chi connectivity index (χ3n) is 6.39. The molecule has 0 radical (unpaired) electrons. The van der Waals surface area contributed by atoms with Gasteiger partial charge in [-0.05, 0) is 38.0 Å². The monoisotopic (exact) mass is 412 g/mol. The fourth-order valence-corrected chi connectivity index (χ4v) is 4.71. The van der Waals surface area contributed by atoms with Gasteiger partial charge in [-0.15, -0.1) is 0 Å². The first-order valence-corrected chi connectivity index (χ1v) is 10.8. The highest BCUT2D eigenvalue weighted by Crippen LogP contribution is 2.35. The van der Waals surface area contributed by atoms with E-state index in [-0.39, 0.29) is 0 Å². The van der Waals surface area contributed by atoms with Crippen LogP contribution in [0.5, 0.6) is 0 Å². The Morgan fingerprint density at radius 3 is 2.74 bits per heavy atom. The van der Waals surface area contributed by atoms with Crippen molar-refractivity contribution in [3.05, 3.63) is 54.7 Å². The number of fused-ring (bicyclic) bond motifs is 1. The minimum atomic E-state index is 0.420. The van der Waals surface area contributed by atoms with Gasteiger partial charge in [-0.25, -0.2) is 14.6 Å². The van der Waals surface area contributed by atoms with Gasteiger partial charge < -0.3 is 10.2 Å². The highest BCUT2D eigenvalue weighted by molar-refractivity contribution is 5.82. The third-order valence-corrected chi connectivity index (χ3v) is 6.39. The fraction of sp³-hybridized carbons (Fsp3) is 0.348. The van der Waals surface area contributed by atoms with Crippen LogP contribution in [0.2, 0.25) is 0 Å². The molecule has 6 heterocycles. The van der Waals surface area contributed by atoms with Crippen molar-refractivity contribution in [2.45, 2.75) is 19.8 Å². The van der Waals surface area contributed by atoms with Crippen LogP contribution in [0.4, 0.5) is 5.82 Å². The molecule has 0 saturated carbocycles. The summed E-state index contributed by atoms with van der Waals surface area (Å²) in [5.41, 5.74) is 3.77. The predicted octanol–water partition coefficient (Wildman–Crippen LogP) is 2.77. The molecule has 0 aromatic carbocycles. The molecular formula is C23H24N8. The minimum Gasteiger partial charge on any atom is -0.356 e. The summed E-state index contributed by atoms with van der Waals surface area (Å²) in [6.45, 7) is 6.28. The van der Waals surface area contributed by atoms with Gasteiger partial charge in [0.1, 0.15) is 11.5 Å². The van der Waals surface area contributed by atoms with Gasteiger partial charge in [-0.2, -0.15) is 5.10 Å². The summed E-state index contributed by atoms with van der Waals surface area (Å²) in [5.74, 6) is 1.83. The Labute approximate surface area is 180 Å². The first-order chi connectivity index (χ1) is 15.2. The zero-order chi connectivity index (χ0) is 20.8. The van der Waals surface area contributed by atoms with Gasteiger partial charge in [0.05, 0.1) is 29.3 Å². The van der Waals surface area contributed by atoms with Crippen LogP contribution in [0.3, 0.4) is 0 Å². The Morgan fingerprint density at radius 1 is 1.00 bits per heavy atom. The number of hydrogen-bond acceptors (Lipinski definition) is 7. The van der Waals surface area contributed by atoms with Crippen LogP contribution in [0.15, 0.2) is 49.1 Å². The Kier molecular flexibility index (Phi) is 4.21. The van der Waals surface area contributed by atoms with Gasteiger partial charge in [0.2, 0.25) is 0 Å². The lowest BCUT2D eigenvalue weighted by molar-refractivity contribution is 0.138. The summed E-state index contributed by atoms with van der Waals surface area (Å²) in [6, 6.07) is 8.19. The maximum atomic E-state index is 4.99. The van der Waals surface area contributed by atoms with Crippen molar-refractivity contribution in [2.75, 3.05) is 31.1 Å². The van der Waals surface area contributed by atoms with Crippen molar-refractivity contribution in [3.63, 3.8) is 0 Å². The lowest BCUT2D eigenvalue weighted by Gasteiger charge is -2.49. The van der Waals surface area contributed by atoms with Crippen LogP contribution in [-0.4, -0.2) is 55.9 Å². The van der Waals surface area contributed by atoms with Crippen molar-refractivity contribution in [1.29, 1.82) is 0 Å². The predicted molar refractivity (Wildman–Crippen MR) is 119 cm³/mol. The molecule has 156 valence electrons. The van der Waals surface area contributed by atoms with E-state index in [1.165, 1.54) is 12.8 Å². The molecule has 4 aromatic heterocycles. The molecule has 6 rings (SSSR count). The summed E-state index contributed by atoms with van der Waals surface area (Å²) >= 11 is 0. The number of anilines is 1. The Hall–Kier alpha value is -3.39. The van der Waals surface area contributed by atoms with Crippen LogP contribution in [-0.2, 0) is 0 Å². The molecule has 4 aromatic rings. The Balaban J connectivity index is 1.37. The van der Waals surface area contributed by atoms with Crippen LogP contribution >= 0.6 is 0 Å². The average Bonchev–Trinajstić information content (AvgIpc) is 3.21. The first-order valence-electron chi connectivity index (χ1n) is 10.8. The van der Waals surface area contributed by atoms with Crippen molar-refractivity contribution in [1.82, 2.24) is 35.0 Å². The quantitative estimate of drug-likeness (QED) is 0.554. The van der Waals surface area contributed by atoms with E-state index in [0.29, 0.717) is 5.41 Å². The normalized spacial score (nSPS) is 17.8. The number of hydrogen-bond donors (Lipinski definition) is 1. The highest BCUT2D eigenvalue weighted by Gasteiger charge is 2.40. The molecule has 1 N–H and O–H groups in total. The third kappa shape index (κ3) is 3.23. The minimum absolute atomic E-state index is 0.420. The zero-order valence-electron chi connectivity index (χ0n) is 17.5. The number of nitrogens with zero attached hydrogens (tertiary/aromatic N) is 7. The second kappa shape index (κ2) is 7.09. The molecule has 0 amide bonds. The van der Waals surface area contributed by atoms with E-state index in [1.54, 1.807) is 12.4 Å². The van der Waals surface area contributed by atoms with E-state index >= 15 is 0 Å². The van der Waals surface area contributed by atoms with Crippen LogP contribution in [0.25, 0.3) is 28.1 Å². The van der Waals surface area contributed by atoms with Crippen LogP contribution in [0.1, 0.15) is 18.5 Å². The van der Waals surface area contributed by atoms with Crippen molar-refractivity contribution in [3.8, 4) is 17.2 Å². The average molecular weight is 413 g/mol. The van der Waals surface area contributed by atoms with E-state index in [2.05, 4.69) is 42.4 Å². The van der Waals surface area contributed by atoms with E-state index < -0.39 is 0 Å². The number of aromatic nitrogens is 6. The maximum absolute atomic E-state index is 4.99. The zero-order valence-corrected chi connectivity index (χ0v) is 17.5. The summed E-state index contributed by atoms with van der Waals surface area (Å²) in [5, 5.41) is 9.02. The molecule has 2 fully saturated rings. The number of nitrogens with one attached hydrogen (secondary N) is 1. The second-order valence-corrected chi connectivity index (χ2v) is 8.71. The van der Waals surface area contributed by atoms with E-state index in [1.807, 2.05) is 36.1 Å². The van der Waals surface area contributed by atoms with Crippen LogP contribution < -0.4 is 10.2 Å². The SMILES string of the molecule is Cc1cncc(-c2cc3c(cn2)cnn3-c2cccc(N3CCCC4(CNC4)C3)n2)n1. The number of aryl methyl sites for hydroxylation is 1. The molecule has 2 aliphatic heterocycles. The molecule has 2 aliphatic rings. The summed E-state index contributed by atoms with van der Waals surface area (Å²) < 4.78 is 1.89. The standard InChI is InChI=1S/C23H24N8/c1-16-9-24-12-19(28-16)18-8-20-17(10-26-18)11-27-31(20)22-5-2-4-21(29-22)30-7-3-6-23(15-30)13-25-14-23/h2,4-5,8-12,25H,3,6-7,13-15H2,1H3. The second-order valence-electron chi connectivity index (χ2n) is 8.71. The molecule has 0 aliphatic carbocycles. The molecule has 31 heavy (non-hydrogen) atoms. The van der Waals surface area contributed by atoms with Crippen LogP contribution in [0, 0.1) is 12.3 Å². The Morgan fingerprint density at radius 2 is 1.90 bits per heavy atom. The number of piperidine rings is 1. The maximum Gasteiger partial charge on any atom is 0.156 e. The smallest absolute Gasteiger partial charge is 0.156 e. The molecule has 2 saturated heterocycles. The molecule has 0 atom stereocenters. The summed E-state index contributed by atoms with van der Waals surface area (Å²) in [7, 11) is 0.